The third kappa shape index (κ3) is 2.74. The average Bonchev–Trinajstić information content (AvgIpc) is 2.97. The van der Waals surface area contributed by atoms with Crippen molar-refractivity contribution >= 4 is 0 Å². The highest BCUT2D eigenvalue weighted by Gasteiger charge is 2.21. The molecule has 4 heteroatoms. The maximum absolute atomic E-state index is 9.95. The van der Waals surface area contributed by atoms with Crippen molar-refractivity contribution in [3.05, 3.63) is 53.1 Å². The molecule has 0 amide bonds. The molecule has 0 saturated carbocycles. The summed E-state index contributed by atoms with van der Waals surface area (Å²) in [6.45, 7) is 0.700. The lowest BCUT2D eigenvalue weighted by Crippen LogP contribution is -2.18. The number of hydrogen-bond donors (Lipinski definition) is 2. The van der Waals surface area contributed by atoms with Gasteiger partial charge in [0.2, 0.25) is 5.75 Å². The molecule has 1 atom stereocenters. The first-order valence-corrected chi connectivity index (χ1v) is 7.48. The molecule has 0 fully saturated rings. The number of phenols is 1. The molecule has 4 nitrogen and oxygen atoms in total. The van der Waals surface area contributed by atoms with E-state index >= 15 is 0 Å². The molecule has 2 N–H and O–H groups in total. The highest BCUT2D eigenvalue weighted by atomic mass is 16.5. The molecule has 0 saturated heterocycles. The Labute approximate surface area is 130 Å². The number of phenolic OH excluding ortho intramolecular Hbond substituents is 1. The van der Waals surface area contributed by atoms with Crippen molar-refractivity contribution in [1.29, 1.82) is 0 Å². The van der Waals surface area contributed by atoms with E-state index < -0.39 is 0 Å². The van der Waals surface area contributed by atoms with E-state index in [0.717, 1.165) is 18.4 Å². The molecule has 22 heavy (non-hydrogen) atoms. The zero-order chi connectivity index (χ0) is 15.5. The Morgan fingerprint density at radius 1 is 1.14 bits per heavy atom. The van der Waals surface area contributed by atoms with Crippen LogP contribution < -0.4 is 14.8 Å². The van der Waals surface area contributed by atoms with Gasteiger partial charge in [0.15, 0.2) is 11.5 Å². The number of aromatic hydroxyl groups is 1. The van der Waals surface area contributed by atoms with Crippen LogP contribution in [0.2, 0.25) is 0 Å². The minimum atomic E-state index is 0.0416. The summed E-state index contributed by atoms with van der Waals surface area (Å²) in [5.74, 6) is 0.908. The van der Waals surface area contributed by atoms with Gasteiger partial charge in [0.05, 0.1) is 14.2 Å². The maximum Gasteiger partial charge on any atom is 0.200 e. The number of methoxy groups -OCH3 is 2. The number of nitrogens with one attached hydrogen (secondary N) is 1. The van der Waals surface area contributed by atoms with Crippen molar-refractivity contribution in [2.75, 3.05) is 14.2 Å². The van der Waals surface area contributed by atoms with Gasteiger partial charge in [-0.15, -0.1) is 0 Å². The van der Waals surface area contributed by atoms with E-state index in [0.29, 0.717) is 24.1 Å². The van der Waals surface area contributed by atoms with Gasteiger partial charge in [0, 0.05) is 12.6 Å². The second-order valence-electron chi connectivity index (χ2n) is 5.52. The summed E-state index contributed by atoms with van der Waals surface area (Å²) in [5.41, 5.74) is 3.84. The van der Waals surface area contributed by atoms with Crippen molar-refractivity contribution in [3.63, 3.8) is 0 Å². The smallest absolute Gasteiger partial charge is 0.200 e. The van der Waals surface area contributed by atoms with E-state index in [4.69, 9.17) is 9.47 Å². The summed E-state index contributed by atoms with van der Waals surface area (Å²) >= 11 is 0. The molecule has 0 radical (unpaired) electrons. The predicted octanol–water partition coefficient (Wildman–Crippen LogP) is 3.19. The second kappa shape index (κ2) is 6.28. The molecule has 1 aliphatic carbocycles. The van der Waals surface area contributed by atoms with Crippen molar-refractivity contribution in [2.24, 2.45) is 0 Å². The molecule has 1 unspecified atom stereocenters. The van der Waals surface area contributed by atoms with Crippen molar-refractivity contribution in [3.8, 4) is 17.2 Å². The van der Waals surface area contributed by atoms with Crippen LogP contribution in [0.3, 0.4) is 0 Å². The van der Waals surface area contributed by atoms with Crippen LogP contribution >= 0.6 is 0 Å². The third-order valence-corrected chi connectivity index (χ3v) is 4.23. The monoisotopic (exact) mass is 299 g/mol. The van der Waals surface area contributed by atoms with Crippen LogP contribution in [0, 0.1) is 0 Å². The Morgan fingerprint density at radius 3 is 2.50 bits per heavy atom. The molecular weight excluding hydrogens is 278 g/mol. The van der Waals surface area contributed by atoms with Crippen molar-refractivity contribution < 1.29 is 14.6 Å². The zero-order valence-corrected chi connectivity index (χ0v) is 12.9. The standard InChI is InChI=1S/C18H21NO3/c1-21-16-9-12(10-17(22-2)18(16)20)11-19-15-8-7-13-5-3-4-6-14(13)15/h3-6,9-10,15,19-20H,7-8,11H2,1-2H3. The normalized spacial score (nSPS) is 16.4. The van der Waals surface area contributed by atoms with Gasteiger partial charge in [-0.2, -0.15) is 0 Å². The van der Waals surface area contributed by atoms with E-state index in [2.05, 4.69) is 29.6 Å². The highest BCUT2D eigenvalue weighted by molar-refractivity contribution is 5.52. The number of rotatable bonds is 5. The molecule has 116 valence electrons. The largest absolute Gasteiger partial charge is 0.502 e. The fourth-order valence-corrected chi connectivity index (χ4v) is 3.06. The Bertz CT molecular complexity index is 644. The minimum Gasteiger partial charge on any atom is -0.502 e. The van der Waals surface area contributed by atoms with Gasteiger partial charge in [-0.1, -0.05) is 24.3 Å². The number of benzene rings is 2. The molecule has 2 aromatic carbocycles. The minimum absolute atomic E-state index is 0.0416. The van der Waals surface area contributed by atoms with Crippen molar-refractivity contribution in [2.45, 2.75) is 25.4 Å². The van der Waals surface area contributed by atoms with E-state index in [1.54, 1.807) is 14.2 Å². The second-order valence-corrected chi connectivity index (χ2v) is 5.52. The quantitative estimate of drug-likeness (QED) is 0.890. The van der Waals surface area contributed by atoms with E-state index in [1.165, 1.54) is 11.1 Å². The third-order valence-electron chi connectivity index (χ3n) is 4.23. The first kappa shape index (κ1) is 14.7. The van der Waals surface area contributed by atoms with E-state index in [-0.39, 0.29) is 5.75 Å². The summed E-state index contributed by atoms with van der Waals surface area (Å²) in [4.78, 5) is 0. The Morgan fingerprint density at radius 2 is 1.82 bits per heavy atom. The molecule has 1 aliphatic rings. The van der Waals surface area contributed by atoms with Gasteiger partial charge < -0.3 is 19.9 Å². The highest BCUT2D eigenvalue weighted by Crippen LogP contribution is 2.37. The van der Waals surface area contributed by atoms with Gasteiger partial charge in [-0.25, -0.2) is 0 Å². The first-order valence-electron chi connectivity index (χ1n) is 7.48. The Balaban J connectivity index is 1.75. The molecule has 2 aromatic rings. The molecule has 0 spiro atoms. The fourth-order valence-electron chi connectivity index (χ4n) is 3.06. The van der Waals surface area contributed by atoms with Crippen LogP contribution in [-0.4, -0.2) is 19.3 Å². The number of hydrogen-bond acceptors (Lipinski definition) is 4. The fraction of sp³-hybridized carbons (Fsp3) is 0.333. The van der Waals surface area contributed by atoms with Gasteiger partial charge >= 0.3 is 0 Å². The molecular formula is C18H21NO3. The Hall–Kier alpha value is -2.20. The van der Waals surface area contributed by atoms with Crippen LogP contribution in [0.5, 0.6) is 17.2 Å². The van der Waals surface area contributed by atoms with Gasteiger partial charge in [0.25, 0.3) is 0 Å². The molecule has 0 aliphatic heterocycles. The maximum atomic E-state index is 9.95. The molecule has 3 rings (SSSR count). The predicted molar refractivity (Wildman–Crippen MR) is 85.6 cm³/mol. The molecule has 0 bridgehead atoms. The Kier molecular flexibility index (Phi) is 4.20. The van der Waals surface area contributed by atoms with Gasteiger partial charge in [-0.3, -0.25) is 0 Å². The topological polar surface area (TPSA) is 50.7 Å². The van der Waals surface area contributed by atoms with Crippen LogP contribution in [0.4, 0.5) is 0 Å². The summed E-state index contributed by atoms with van der Waals surface area (Å²) in [7, 11) is 3.08. The first-order chi connectivity index (χ1) is 10.7. The van der Waals surface area contributed by atoms with Crippen LogP contribution in [0.15, 0.2) is 36.4 Å². The zero-order valence-electron chi connectivity index (χ0n) is 12.9. The van der Waals surface area contributed by atoms with E-state index in [9.17, 15) is 5.11 Å². The molecule has 0 aromatic heterocycles. The van der Waals surface area contributed by atoms with Gasteiger partial charge in [0.1, 0.15) is 0 Å². The lowest BCUT2D eigenvalue weighted by atomic mass is 10.1. The van der Waals surface area contributed by atoms with Crippen molar-refractivity contribution in [1.82, 2.24) is 5.32 Å². The number of ether oxygens (including phenoxy) is 2. The van der Waals surface area contributed by atoms with E-state index in [1.807, 2.05) is 12.1 Å². The summed E-state index contributed by atoms with van der Waals surface area (Å²) in [6.07, 6.45) is 2.24. The van der Waals surface area contributed by atoms with Crippen LogP contribution in [0.1, 0.15) is 29.2 Å². The van der Waals surface area contributed by atoms with Gasteiger partial charge in [-0.05, 0) is 41.7 Å². The molecule has 0 heterocycles. The van der Waals surface area contributed by atoms with Crippen LogP contribution in [-0.2, 0) is 13.0 Å². The summed E-state index contributed by atoms with van der Waals surface area (Å²) < 4.78 is 10.4. The lowest BCUT2D eigenvalue weighted by molar-refractivity contribution is 0.338. The van der Waals surface area contributed by atoms with Crippen LogP contribution in [0.25, 0.3) is 0 Å². The number of fused-ring (bicyclic) bond motifs is 1. The lowest BCUT2D eigenvalue weighted by Gasteiger charge is -2.16. The number of aryl methyl sites for hydroxylation is 1. The SMILES string of the molecule is COc1cc(CNC2CCc3ccccc32)cc(OC)c1O. The summed E-state index contributed by atoms with van der Waals surface area (Å²) in [6, 6.07) is 12.6. The summed E-state index contributed by atoms with van der Waals surface area (Å²) in [5, 5.41) is 13.5. The average molecular weight is 299 g/mol.